The predicted molar refractivity (Wildman–Crippen MR) is 55.4 cm³/mol. The number of tetrazole rings is 1. The van der Waals surface area contributed by atoms with Gasteiger partial charge in [-0.25, -0.2) is 0 Å². The topological polar surface area (TPSA) is 104 Å². The van der Waals surface area contributed by atoms with Crippen LogP contribution in [-0.4, -0.2) is 46.4 Å². The van der Waals surface area contributed by atoms with Gasteiger partial charge in [-0.15, -0.1) is 10.2 Å². The van der Waals surface area contributed by atoms with E-state index in [-0.39, 0.29) is 6.54 Å². The molecular formula is C7H14N6O2S. The summed E-state index contributed by atoms with van der Waals surface area (Å²) < 4.78 is 27.5. The van der Waals surface area contributed by atoms with E-state index in [1.54, 1.807) is 0 Å². The minimum atomic E-state index is -3.40. The van der Waals surface area contributed by atoms with Crippen molar-refractivity contribution >= 4 is 10.2 Å². The van der Waals surface area contributed by atoms with Crippen LogP contribution in [0.1, 0.15) is 25.1 Å². The maximum atomic E-state index is 11.8. The molecule has 0 amide bonds. The van der Waals surface area contributed by atoms with Gasteiger partial charge >= 0.3 is 0 Å². The zero-order valence-corrected chi connectivity index (χ0v) is 9.57. The first kappa shape index (κ1) is 11.4. The third-order valence-corrected chi connectivity index (χ3v) is 4.01. The quantitative estimate of drug-likeness (QED) is 0.710. The SMILES string of the molecule is O=S(=O)(NCc1nn[nH]n1)N1CCCCC1. The lowest BCUT2D eigenvalue weighted by atomic mass is 10.2. The molecule has 1 aromatic heterocycles. The van der Waals surface area contributed by atoms with Gasteiger partial charge in [-0.3, -0.25) is 0 Å². The minimum Gasteiger partial charge on any atom is -0.195 e. The summed E-state index contributed by atoms with van der Waals surface area (Å²) in [5.74, 6) is 0.334. The molecule has 0 saturated carbocycles. The molecule has 1 aliphatic heterocycles. The fourth-order valence-corrected chi connectivity index (χ4v) is 2.84. The highest BCUT2D eigenvalue weighted by Gasteiger charge is 2.23. The molecule has 2 rings (SSSR count). The fraction of sp³-hybridized carbons (Fsp3) is 0.857. The zero-order valence-electron chi connectivity index (χ0n) is 8.76. The van der Waals surface area contributed by atoms with E-state index in [4.69, 9.17) is 0 Å². The molecule has 9 heteroatoms. The van der Waals surface area contributed by atoms with Gasteiger partial charge in [0.25, 0.3) is 10.2 Å². The van der Waals surface area contributed by atoms with E-state index in [0.29, 0.717) is 18.9 Å². The predicted octanol–water partition coefficient (Wildman–Crippen LogP) is -0.980. The average Bonchev–Trinajstić information content (AvgIpc) is 2.81. The summed E-state index contributed by atoms with van der Waals surface area (Å²) in [7, 11) is -3.40. The highest BCUT2D eigenvalue weighted by atomic mass is 32.2. The molecule has 90 valence electrons. The standard InChI is InChI=1S/C7H14N6O2S/c14-16(15,13-4-2-1-3-5-13)8-6-7-9-11-12-10-7/h8H,1-6H2,(H,9,10,11,12). The molecule has 0 aliphatic carbocycles. The normalized spacial score (nSPS) is 18.8. The van der Waals surface area contributed by atoms with Crippen molar-refractivity contribution in [2.45, 2.75) is 25.8 Å². The molecule has 1 aliphatic rings. The molecule has 1 saturated heterocycles. The summed E-state index contributed by atoms with van der Waals surface area (Å²) in [6.45, 7) is 1.23. The van der Waals surface area contributed by atoms with Crippen LogP contribution in [0.5, 0.6) is 0 Å². The molecule has 0 bridgehead atoms. The van der Waals surface area contributed by atoms with Crippen LogP contribution in [0.2, 0.25) is 0 Å². The smallest absolute Gasteiger partial charge is 0.195 e. The Labute approximate surface area is 93.6 Å². The number of hydrogen-bond acceptors (Lipinski definition) is 5. The Morgan fingerprint density at radius 3 is 2.69 bits per heavy atom. The average molecular weight is 246 g/mol. The number of hydrogen-bond donors (Lipinski definition) is 2. The number of nitrogens with one attached hydrogen (secondary N) is 2. The molecular weight excluding hydrogens is 232 g/mol. The molecule has 2 N–H and O–H groups in total. The number of aromatic amines is 1. The Kier molecular flexibility index (Phi) is 3.46. The van der Waals surface area contributed by atoms with Crippen molar-refractivity contribution < 1.29 is 8.42 Å². The van der Waals surface area contributed by atoms with Gasteiger partial charge in [0.1, 0.15) is 0 Å². The highest BCUT2D eigenvalue weighted by molar-refractivity contribution is 7.87. The monoisotopic (exact) mass is 246 g/mol. The summed E-state index contributed by atoms with van der Waals surface area (Å²) in [5, 5.41) is 13.0. The van der Waals surface area contributed by atoms with Gasteiger partial charge in [0.05, 0.1) is 6.54 Å². The number of H-pyrrole nitrogens is 1. The molecule has 0 spiro atoms. The maximum absolute atomic E-state index is 11.8. The van der Waals surface area contributed by atoms with Crippen LogP contribution < -0.4 is 4.72 Å². The first-order valence-electron chi connectivity index (χ1n) is 5.15. The van der Waals surface area contributed by atoms with E-state index in [2.05, 4.69) is 25.3 Å². The van der Waals surface area contributed by atoms with Crippen LogP contribution in [0.3, 0.4) is 0 Å². The summed E-state index contributed by atoms with van der Waals surface area (Å²) in [6, 6.07) is 0. The van der Waals surface area contributed by atoms with Gasteiger partial charge in [-0.1, -0.05) is 11.6 Å². The molecule has 16 heavy (non-hydrogen) atoms. The summed E-state index contributed by atoms with van der Waals surface area (Å²) >= 11 is 0. The Morgan fingerprint density at radius 2 is 2.06 bits per heavy atom. The Hall–Kier alpha value is -1.06. The van der Waals surface area contributed by atoms with Crippen molar-refractivity contribution in [3.05, 3.63) is 5.82 Å². The van der Waals surface area contributed by atoms with Crippen molar-refractivity contribution in [3.8, 4) is 0 Å². The number of aromatic nitrogens is 4. The van der Waals surface area contributed by atoms with E-state index in [0.717, 1.165) is 19.3 Å². The fourth-order valence-electron chi connectivity index (χ4n) is 1.61. The summed E-state index contributed by atoms with van der Waals surface area (Å²) in [6.07, 6.45) is 2.93. The summed E-state index contributed by atoms with van der Waals surface area (Å²) in [4.78, 5) is 0. The van der Waals surface area contributed by atoms with Crippen LogP contribution in [0.4, 0.5) is 0 Å². The third-order valence-electron chi connectivity index (χ3n) is 2.46. The second-order valence-corrected chi connectivity index (χ2v) is 5.37. The van der Waals surface area contributed by atoms with Crippen LogP contribution in [0, 0.1) is 0 Å². The first-order chi connectivity index (χ1) is 7.68. The second kappa shape index (κ2) is 4.85. The third kappa shape index (κ3) is 2.74. The Balaban J connectivity index is 1.91. The van der Waals surface area contributed by atoms with Crippen LogP contribution in [0.25, 0.3) is 0 Å². The van der Waals surface area contributed by atoms with Gasteiger partial charge in [-0.2, -0.15) is 22.7 Å². The largest absolute Gasteiger partial charge is 0.279 e. The van der Waals surface area contributed by atoms with Crippen LogP contribution in [-0.2, 0) is 16.8 Å². The van der Waals surface area contributed by atoms with E-state index >= 15 is 0 Å². The molecule has 0 radical (unpaired) electrons. The van der Waals surface area contributed by atoms with Crippen LogP contribution in [0.15, 0.2) is 0 Å². The second-order valence-electron chi connectivity index (χ2n) is 3.61. The zero-order chi connectivity index (χ0) is 11.4. The Bertz CT molecular complexity index is 410. The van der Waals surface area contributed by atoms with Gasteiger partial charge in [0.15, 0.2) is 5.82 Å². The van der Waals surface area contributed by atoms with Crippen molar-refractivity contribution in [1.29, 1.82) is 0 Å². The van der Waals surface area contributed by atoms with Crippen molar-refractivity contribution in [1.82, 2.24) is 29.7 Å². The number of piperidine rings is 1. The number of nitrogens with zero attached hydrogens (tertiary/aromatic N) is 4. The van der Waals surface area contributed by atoms with Gasteiger partial charge in [0, 0.05) is 13.1 Å². The van der Waals surface area contributed by atoms with E-state index in [9.17, 15) is 8.42 Å². The van der Waals surface area contributed by atoms with Crippen molar-refractivity contribution in [2.24, 2.45) is 0 Å². The molecule has 8 nitrogen and oxygen atoms in total. The van der Waals surface area contributed by atoms with Gasteiger partial charge in [-0.05, 0) is 12.8 Å². The maximum Gasteiger partial charge on any atom is 0.279 e. The minimum absolute atomic E-state index is 0.0648. The van der Waals surface area contributed by atoms with E-state index in [1.165, 1.54) is 4.31 Å². The molecule has 0 aromatic carbocycles. The lowest BCUT2D eigenvalue weighted by Gasteiger charge is -2.25. The molecule has 1 aromatic rings. The Morgan fingerprint density at radius 1 is 1.31 bits per heavy atom. The van der Waals surface area contributed by atoms with Crippen molar-refractivity contribution in [2.75, 3.05) is 13.1 Å². The molecule has 1 fully saturated rings. The molecule has 0 atom stereocenters. The van der Waals surface area contributed by atoms with Gasteiger partial charge < -0.3 is 0 Å². The lowest BCUT2D eigenvalue weighted by molar-refractivity contribution is 0.341. The number of rotatable bonds is 4. The molecule has 0 unspecified atom stereocenters. The van der Waals surface area contributed by atoms with E-state index in [1.807, 2.05) is 0 Å². The van der Waals surface area contributed by atoms with Crippen LogP contribution >= 0.6 is 0 Å². The lowest BCUT2D eigenvalue weighted by Crippen LogP contribution is -2.43. The highest BCUT2D eigenvalue weighted by Crippen LogP contribution is 2.11. The summed E-state index contributed by atoms with van der Waals surface area (Å²) in [5.41, 5.74) is 0. The van der Waals surface area contributed by atoms with Gasteiger partial charge in [0.2, 0.25) is 0 Å². The van der Waals surface area contributed by atoms with Crippen molar-refractivity contribution in [3.63, 3.8) is 0 Å². The molecule has 2 heterocycles. The van der Waals surface area contributed by atoms with E-state index < -0.39 is 10.2 Å². The first-order valence-corrected chi connectivity index (χ1v) is 6.59.